The number of H-pyrrole nitrogens is 1. The lowest BCUT2D eigenvalue weighted by Gasteiger charge is -2.21. The highest BCUT2D eigenvalue weighted by Crippen LogP contribution is 2.38. The molecule has 2 heterocycles. The summed E-state index contributed by atoms with van der Waals surface area (Å²) in [6.45, 7) is 2.46. The third-order valence-corrected chi connectivity index (χ3v) is 7.81. The van der Waals surface area contributed by atoms with Gasteiger partial charge in [-0.05, 0) is 75.4 Å². The standard InChI is InChI=1S/C33H33Cl2F2N3O6/c1-33(2,3)46-32(42)39-25-5-4-6-26-21(25)11-12-40(26)17-30(41)44-28(14-22-23(34)15-38-16-24(22)35)20-9-10-27(45-31(36)37)29(13-20)43-18-19-7-8-19/h4-6,9-13,15-16,19,28,31H,7-8,14,17-18H2,1-3H3,(H,39,42)/p+1/t28-/m0/s1. The van der Waals surface area contributed by atoms with E-state index in [1.54, 1.807) is 62.1 Å². The van der Waals surface area contributed by atoms with E-state index in [-0.39, 0.29) is 24.5 Å². The molecule has 2 aromatic heterocycles. The summed E-state index contributed by atoms with van der Waals surface area (Å²) in [5, 5.41) is 4.12. The topological polar surface area (TPSA) is 102 Å². The largest absolute Gasteiger partial charge is 0.489 e. The summed E-state index contributed by atoms with van der Waals surface area (Å²) in [5.74, 6) is -0.238. The molecule has 4 aromatic rings. The van der Waals surface area contributed by atoms with Crippen molar-refractivity contribution in [1.29, 1.82) is 0 Å². The van der Waals surface area contributed by atoms with Crippen molar-refractivity contribution in [3.05, 3.63) is 82.2 Å². The molecular formula is C33H34Cl2F2N3O6+. The Morgan fingerprint density at radius 1 is 1.07 bits per heavy atom. The fourth-order valence-corrected chi connectivity index (χ4v) is 5.36. The summed E-state index contributed by atoms with van der Waals surface area (Å²) in [5.41, 5.74) is 1.53. The minimum atomic E-state index is -3.04. The van der Waals surface area contributed by atoms with Gasteiger partial charge in [0.25, 0.3) is 0 Å². The number of halogens is 4. The smallest absolute Gasteiger partial charge is 0.412 e. The number of amides is 1. The number of pyridine rings is 1. The van der Waals surface area contributed by atoms with E-state index in [4.69, 9.17) is 37.4 Å². The molecule has 2 aromatic carbocycles. The average molecular weight is 678 g/mol. The van der Waals surface area contributed by atoms with E-state index in [9.17, 15) is 18.4 Å². The lowest BCUT2D eigenvalue weighted by atomic mass is 10.0. The minimum Gasteiger partial charge on any atom is -0.489 e. The fraction of sp³-hybridized carbons (Fsp3) is 0.364. The molecule has 46 heavy (non-hydrogen) atoms. The third-order valence-electron chi connectivity index (χ3n) is 7.14. The Morgan fingerprint density at radius 3 is 2.48 bits per heavy atom. The van der Waals surface area contributed by atoms with Gasteiger partial charge < -0.3 is 23.5 Å². The molecule has 1 aliphatic carbocycles. The number of rotatable bonds is 12. The number of aromatic nitrogens is 2. The molecule has 1 amide bonds. The molecule has 1 saturated carbocycles. The molecule has 0 saturated heterocycles. The van der Waals surface area contributed by atoms with Crippen LogP contribution in [0.5, 0.6) is 11.5 Å². The summed E-state index contributed by atoms with van der Waals surface area (Å²) in [4.78, 5) is 28.7. The normalized spacial score (nSPS) is 13.8. The van der Waals surface area contributed by atoms with Crippen LogP contribution in [0.4, 0.5) is 19.3 Å². The molecule has 0 aliphatic heterocycles. The highest BCUT2D eigenvalue weighted by molar-refractivity contribution is 6.35. The van der Waals surface area contributed by atoms with Crippen LogP contribution in [0.15, 0.2) is 61.1 Å². The van der Waals surface area contributed by atoms with Crippen molar-refractivity contribution in [1.82, 2.24) is 4.57 Å². The van der Waals surface area contributed by atoms with E-state index in [0.717, 1.165) is 12.8 Å². The van der Waals surface area contributed by atoms with Crippen molar-refractivity contribution in [2.45, 2.75) is 64.9 Å². The minimum absolute atomic E-state index is 0.0889. The summed E-state index contributed by atoms with van der Waals surface area (Å²) >= 11 is 12.9. The second kappa shape index (κ2) is 14.1. The first kappa shape index (κ1) is 33.3. The van der Waals surface area contributed by atoms with Crippen LogP contribution in [0.3, 0.4) is 0 Å². The van der Waals surface area contributed by atoms with Gasteiger partial charge in [-0.1, -0.05) is 35.3 Å². The van der Waals surface area contributed by atoms with Gasteiger partial charge in [0, 0.05) is 23.6 Å². The molecule has 1 aliphatic rings. The summed E-state index contributed by atoms with van der Waals surface area (Å²) in [7, 11) is 0. The maximum absolute atomic E-state index is 13.5. The number of nitrogens with zero attached hydrogens (tertiary/aromatic N) is 1. The first-order chi connectivity index (χ1) is 21.9. The lowest BCUT2D eigenvalue weighted by molar-refractivity contribution is -0.377. The molecule has 1 atom stereocenters. The van der Waals surface area contributed by atoms with Crippen molar-refractivity contribution < 1.29 is 42.3 Å². The summed E-state index contributed by atoms with van der Waals surface area (Å²) in [6, 6.07) is 11.5. The van der Waals surface area contributed by atoms with Gasteiger partial charge in [0.15, 0.2) is 23.9 Å². The molecular weight excluding hydrogens is 643 g/mol. The van der Waals surface area contributed by atoms with Crippen molar-refractivity contribution in [2.24, 2.45) is 5.92 Å². The predicted octanol–water partition coefficient (Wildman–Crippen LogP) is 8.03. The number of carbonyl (C=O) groups is 2. The number of fused-ring (bicyclic) bond motifs is 1. The Kier molecular flexibility index (Phi) is 10.2. The van der Waals surface area contributed by atoms with Gasteiger partial charge >= 0.3 is 18.7 Å². The van der Waals surface area contributed by atoms with Crippen LogP contribution >= 0.6 is 23.2 Å². The van der Waals surface area contributed by atoms with Crippen molar-refractivity contribution >= 4 is 51.9 Å². The van der Waals surface area contributed by atoms with Crippen LogP contribution < -0.4 is 19.8 Å². The molecule has 0 radical (unpaired) electrons. The molecule has 0 spiro atoms. The number of aromatic amines is 1. The Morgan fingerprint density at radius 2 is 1.80 bits per heavy atom. The highest BCUT2D eigenvalue weighted by Gasteiger charge is 2.26. The van der Waals surface area contributed by atoms with Crippen LogP contribution in [0, 0.1) is 5.92 Å². The molecule has 13 heteroatoms. The third kappa shape index (κ3) is 8.79. The maximum Gasteiger partial charge on any atom is 0.412 e. The Hall–Kier alpha value is -4.09. The zero-order chi connectivity index (χ0) is 33.0. The van der Waals surface area contributed by atoms with Gasteiger partial charge in [-0.15, -0.1) is 0 Å². The van der Waals surface area contributed by atoms with Crippen LogP contribution in [0.2, 0.25) is 10.0 Å². The fourth-order valence-electron chi connectivity index (χ4n) is 4.83. The number of benzene rings is 2. The highest BCUT2D eigenvalue weighted by atomic mass is 35.5. The molecule has 2 N–H and O–H groups in total. The Labute approximate surface area is 274 Å². The number of hydrogen-bond acceptors (Lipinski definition) is 6. The summed E-state index contributed by atoms with van der Waals surface area (Å²) < 4.78 is 49.9. The van der Waals surface area contributed by atoms with E-state index < -0.39 is 30.4 Å². The lowest BCUT2D eigenvalue weighted by Crippen LogP contribution is -2.27. The number of nitrogens with one attached hydrogen (secondary N) is 2. The molecule has 244 valence electrons. The molecule has 1 fully saturated rings. The number of esters is 1. The van der Waals surface area contributed by atoms with Gasteiger partial charge in [0.1, 0.15) is 28.3 Å². The monoisotopic (exact) mass is 676 g/mol. The Bertz CT molecular complexity index is 1700. The van der Waals surface area contributed by atoms with Gasteiger partial charge in [0.2, 0.25) is 0 Å². The number of alkyl halides is 2. The van der Waals surface area contributed by atoms with Gasteiger partial charge in [-0.3, -0.25) is 10.1 Å². The molecule has 0 bridgehead atoms. The SMILES string of the molecule is CC(C)(C)OC(=O)Nc1cccc2c1ccn2CC(=O)O[C@@H](Cc1c(Cl)c[nH+]cc1Cl)c1ccc(OC(F)F)c(OCC2CC2)c1. The Balaban J connectivity index is 1.40. The van der Waals surface area contributed by atoms with E-state index in [1.807, 2.05) is 6.07 Å². The van der Waals surface area contributed by atoms with E-state index in [0.29, 0.717) is 50.3 Å². The second-order valence-corrected chi connectivity index (χ2v) is 12.8. The van der Waals surface area contributed by atoms with Crippen LogP contribution in [-0.2, 0) is 27.2 Å². The van der Waals surface area contributed by atoms with Gasteiger partial charge in [0.05, 0.1) is 17.8 Å². The number of ether oxygens (including phenoxy) is 4. The van der Waals surface area contributed by atoms with Crippen molar-refractivity contribution in [3.8, 4) is 11.5 Å². The van der Waals surface area contributed by atoms with Crippen molar-refractivity contribution in [2.75, 3.05) is 11.9 Å². The van der Waals surface area contributed by atoms with Gasteiger partial charge in [-0.25, -0.2) is 9.78 Å². The zero-order valence-corrected chi connectivity index (χ0v) is 27.0. The predicted molar refractivity (Wildman–Crippen MR) is 169 cm³/mol. The second-order valence-electron chi connectivity index (χ2n) is 12.0. The van der Waals surface area contributed by atoms with E-state index >= 15 is 0 Å². The van der Waals surface area contributed by atoms with Crippen LogP contribution in [0.25, 0.3) is 10.9 Å². The first-order valence-corrected chi connectivity index (χ1v) is 15.4. The molecule has 5 rings (SSSR count). The first-order valence-electron chi connectivity index (χ1n) is 14.7. The van der Waals surface area contributed by atoms with E-state index in [2.05, 4.69) is 15.0 Å². The molecule has 9 nitrogen and oxygen atoms in total. The number of anilines is 1. The van der Waals surface area contributed by atoms with Gasteiger partial charge in [-0.2, -0.15) is 8.78 Å². The maximum atomic E-state index is 13.5. The summed E-state index contributed by atoms with van der Waals surface area (Å²) in [6.07, 6.45) is 5.39. The van der Waals surface area contributed by atoms with Crippen LogP contribution in [-0.4, -0.2) is 35.4 Å². The van der Waals surface area contributed by atoms with Crippen LogP contribution in [0.1, 0.15) is 50.8 Å². The van der Waals surface area contributed by atoms with Crippen molar-refractivity contribution in [3.63, 3.8) is 0 Å². The average Bonchev–Trinajstić information content (AvgIpc) is 3.71. The zero-order valence-electron chi connectivity index (χ0n) is 25.4. The number of hydrogen-bond donors (Lipinski definition) is 1. The van der Waals surface area contributed by atoms with E-state index in [1.165, 1.54) is 18.2 Å². The number of carbonyl (C=O) groups excluding carboxylic acids is 2. The molecule has 0 unspecified atom stereocenters. The quantitative estimate of drug-likeness (QED) is 0.152.